The van der Waals surface area contributed by atoms with E-state index in [0.29, 0.717) is 16.0 Å². The van der Waals surface area contributed by atoms with E-state index in [9.17, 15) is 18.4 Å². The molecule has 0 radical (unpaired) electrons. The van der Waals surface area contributed by atoms with Crippen LogP contribution in [0.4, 0.5) is 8.78 Å². The van der Waals surface area contributed by atoms with Crippen LogP contribution in [-0.2, 0) is 4.79 Å². The highest BCUT2D eigenvalue weighted by Gasteiger charge is 2.14. The number of para-hydroxylation sites is 1. The van der Waals surface area contributed by atoms with Gasteiger partial charge < -0.3 is 9.47 Å². The molecule has 0 aliphatic carbocycles. The molecule has 2 heterocycles. The van der Waals surface area contributed by atoms with Crippen molar-refractivity contribution in [2.45, 2.75) is 13.5 Å². The van der Waals surface area contributed by atoms with Crippen LogP contribution in [0.2, 0.25) is 0 Å². The summed E-state index contributed by atoms with van der Waals surface area (Å²) in [4.78, 5) is 29.5. The molecular weight excluding hydrogens is 392 g/mol. The smallest absolute Gasteiger partial charge is 0.387 e. The van der Waals surface area contributed by atoms with E-state index in [1.54, 1.807) is 24.4 Å². The Morgan fingerprint density at radius 2 is 2.14 bits per heavy atom. The highest BCUT2D eigenvalue weighted by Crippen LogP contribution is 2.33. The molecule has 0 saturated heterocycles. The van der Waals surface area contributed by atoms with E-state index in [1.807, 2.05) is 0 Å². The van der Waals surface area contributed by atoms with Crippen molar-refractivity contribution in [3.63, 3.8) is 0 Å². The van der Waals surface area contributed by atoms with Gasteiger partial charge in [-0.1, -0.05) is 12.1 Å². The molecule has 0 saturated carbocycles. The predicted octanol–water partition coefficient (Wildman–Crippen LogP) is 3.16. The molecule has 1 N–H and O–H groups in total. The van der Waals surface area contributed by atoms with Crippen LogP contribution in [0.25, 0.3) is 16.3 Å². The number of nitrogens with zero attached hydrogens (tertiary/aromatic N) is 2. The molecule has 146 valence electrons. The fraction of sp³-hybridized carbons (Fsp3) is 0.167. The van der Waals surface area contributed by atoms with E-state index in [-0.39, 0.29) is 17.1 Å². The van der Waals surface area contributed by atoms with E-state index >= 15 is 0 Å². The lowest BCUT2D eigenvalue weighted by atomic mass is 10.1. The lowest BCUT2D eigenvalue weighted by molar-refractivity contribution is -0.112. The molecule has 0 spiro atoms. The van der Waals surface area contributed by atoms with Crippen LogP contribution < -0.4 is 20.5 Å². The topological polar surface area (TPSA) is 82.5 Å². The summed E-state index contributed by atoms with van der Waals surface area (Å²) >= 11 is 1.32. The van der Waals surface area contributed by atoms with Crippen LogP contribution in [0.1, 0.15) is 11.4 Å². The number of thiophene rings is 1. The van der Waals surface area contributed by atoms with Crippen LogP contribution in [0.3, 0.4) is 0 Å². The Bertz CT molecular complexity index is 1110. The minimum Gasteiger partial charge on any atom is -0.493 e. The number of ether oxygens (including phenoxy) is 2. The lowest BCUT2D eigenvalue weighted by Crippen LogP contribution is -2.34. The second kappa shape index (κ2) is 8.17. The molecule has 1 amide bonds. The standard InChI is InChI=1S/C18H15F2N3O4S/c1-10-21-16-12(8-9-28-16)17(25)23(10)22-14(24)7-6-11-4-3-5-13(26-2)15(11)27-18(19)20/h3-9,18H,1-2H3,(H,22,24)/b7-6+. The minimum atomic E-state index is -3.05. The van der Waals surface area contributed by atoms with E-state index in [2.05, 4.69) is 15.1 Å². The molecular formula is C18H15F2N3O4S. The Morgan fingerprint density at radius 1 is 1.36 bits per heavy atom. The van der Waals surface area contributed by atoms with Crippen LogP contribution in [0.15, 0.2) is 40.5 Å². The number of methoxy groups -OCH3 is 1. The number of aryl methyl sites for hydroxylation is 1. The number of nitrogens with one attached hydrogen (secondary N) is 1. The van der Waals surface area contributed by atoms with E-state index < -0.39 is 18.1 Å². The molecule has 0 aliphatic heterocycles. The molecule has 0 bridgehead atoms. The monoisotopic (exact) mass is 407 g/mol. The molecule has 28 heavy (non-hydrogen) atoms. The summed E-state index contributed by atoms with van der Waals surface area (Å²) in [5.74, 6) is -0.432. The van der Waals surface area contributed by atoms with Gasteiger partial charge in [0, 0.05) is 11.6 Å². The summed E-state index contributed by atoms with van der Waals surface area (Å²) in [7, 11) is 1.32. The van der Waals surface area contributed by atoms with Gasteiger partial charge in [-0.05, 0) is 30.5 Å². The quantitative estimate of drug-likeness (QED) is 0.635. The molecule has 0 atom stereocenters. The number of alkyl halides is 2. The average Bonchev–Trinajstić information content (AvgIpc) is 3.12. The number of fused-ring (bicyclic) bond motifs is 1. The number of carbonyl (C=O) groups excluding carboxylic acids is 1. The van der Waals surface area contributed by atoms with Gasteiger partial charge in [0.25, 0.3) is 11.5 Å². The fourth-order valence-corrected chi connectivity index (χ4v) is 3.30. The van der Waals surface area contributed by atoms with Crippen molar-refractivity contribution in [2.24, 2.45) is 0 Å². The Hall–Kier alpha value is -3.27. The molecule has 1 aromatic carbocycles. The Morgan fingerprint density at radius 3 is 2.86 bits per heavy atom. The number of hydrogen-bond donors (Lipinski definition) is 1. The number of rotatable bonds is 6. The van der Waals surface area contributed by atoms with Gasteiger partial charge in [-0.25, -0.2) is 9.66 Å². The van der Waals surface area contributed by atoms with Gasteiger partial charge in [0.15, 0.2) is 11.5 Å². The molecule has 3 aromatic rings. The maximum absolute atomic E-state index is 12.7. The molecule has 2 aromatic heterocycles. The molecule has 7 nitrogen and oxygen atoms in total. The second-order valence-electron chi connectivity index (χ2n) is 5.51. The van der Waals surface area contributed by atoms with Gasteiger partial charge in [0.1, 0.15) is 10.7 Å². The number of aromatic nitrogens is 2. The minimum absolute atomic E-state index is 0.0991. The first kappa shape index (κ1) is 19.5. The van der Waals surface area contributed by atoms with E-state index in [4.69, 9.17) is 4.74 Å². The molecule has 10 heteroatoms. The van der Waals surface area contributed by atoms with Crippen LogP contribution in [0.5, 0.6) is 11.5 Å². The summed E-state index contributed by atoms with van der Waals surface area (Å²) in [5, 5.41) is 2.12. The fourth-order valence-electron chi connectivity index (χ4n) is 2.50. The van der Waals surface area contributed by atoms with Crippen molar-refractivity contribution in [1.29, 1.82) is 0 Å². The van der Waals surface area contributed by atoms with Gasteiger partial charge in [0.2, 0.25) is 0 Å². The maximum Gasteiger partial charge on any atom is 0.387 e. The van der Waals surface area contributed by atoms with Crippen molar-refractivity contribution in [1.82, 2.24) is 9.66 Å². The zero-order valence-corrected chi connectivity index (χ0v) is 15.6. The zero-order chi connectivity index (χ0) is 20.3. The van der Waals surface area contributed by atoms with Crippen LogP contribution in [-0.4, -0.2) is 29.3 Å². The highest BCUT2D eigenvalue weighted by atomic mass is 32.1. The average molecular weight is 407 g/mol. The lowest BCUT2D eigenvalue weighted by Gasteiger charge is -2.12. The predicted molar refractivity (Wildman–Crippen MR) is 102 cm³/mol. The normalized spacial score (nSPS) is 11.3. The van der Waals surface area contributed by atoms with Crippen molar-refractivity contribution in [3.8, 4) is 11.5 Å². The molecule has 0 aliphatic rings. The third-order valence-corrected chi connectivity index (χ3v) is 4.54. The SMILES string of the molecule is COc1cccc(/C=C/C(=O)Nn2c(C)nc3sccc3c2=O)c1OC(F)F. The van der Waals surface area contributed by atoms with Gasteiger partial charge in [-0.15, -0.1) is 11.3 Å². The zero-order valence-electron chi connectivity index (χ0n) is 14.8. The summed E-state index contributed by atoms with van der Waals surface area (Å²) in [6.07, 6.45) is 2.38. The van der Waals surface area contributed by atoms with Crippen molar-refractivity contribution >= 4 is 33.5 Å². The van der Waals surface area contributed by atoms with Crippen LogP contribution in [0, 0.1) is 6.92 Å². The maximum atomic E-state index is 12.7. The largest absolute Gasteiger partial charge is 0.493 e. The summed E-state index contributed by atoms with van der Waals surface area (Å²) in [6, 6.07) is 6.13. The number of amides is 1. The van der Waals surface area contributed by atoms with E-state index in [0.717, 1.165) is 10.8 Å². The number of halogens is 2. The van der Waals surface area contributed by atoms with E-state index in [1.165, 1.54) is 36.7 Å². The molecule has 0 unspecified atom stereocenters. The van der Waals surface area contributed by atoms with Crippen molar-refractivity contribution in [2.75, 3.05) is 12.5 Å². The first-order valence-electron chi connectivity index (χ1n) is 7.98. The van der Waals surface area contributed by atoms with Gasteiger partial charge >= 0.3 is 6.61 Å². The summed E-state index contributed by atoms with van der Waals surface area (Å²) in [5.41, 5.74) is 2.22. The second-order valence-corrected chi connectivity index (χ2v) is 6.40. The van der Waals surface area contributed by atoms with Crippen molar-refractivity contribution < 1.29 is 23.0 Å². The number of benzene rings is 1. The summed E-state index contributed by atoms with van der Waals surface area (Å²) in [6.45, 7) is -1.47. The third kappa shape index (κ3) is 4.01. The Labute approximate surface area is 161 Å². The van der Waals surface area contributed by atoms with Gasteiger partial charge in [-0.2, -0.15) is 8.78 Å². The molecule has 0 fully saturated rings. The number of hydrogen-bond acceptors (Lipinski definition) is 6. The van der Waals surface area contributed by atoms with Gasteiger partial charge in [-0.3, -0.25) is 15.0 Å². The third-order valence-electron chi connectivity index (χ3n) is 3.74. The van der Waals surface area contributed by atoms with Gasteiger partial charge in [0.05, 0.1) is 12.5 Å². The Balaban J connectivity index is 1.86. The van der Waals surface area contributed by atoms with Crippen LogP contribution >= 0.6 is 11.3 Å². The highest BCUT2D eigenvalue weighted by molar-refractivity contribution is 7.16. The first-order valence-corrected chi connectivity index (χ1v) is 8.86. The Kier molecular flexibility index (Phi) is 5.69. The number of carbonyl (C=O) groups is 1. The van der Waals surface area contributed by atoms with Crippen molar-refractivity contribution in [3.05, 3.63) is 57.5 Å². The summed E-state index contributed by atoms with van der Waals surface area (Å²) < 4.78 is 35.9. The molecule has 3 rings (SSSR count). The first-order chi connectivity index (χ1) is 13.4.